The van der Waals surface area contributed by atoms with Gasteiger partial charge in [-0.25, -0.2) is 0 Å². The largest absolute Gasteiger partial charge is 0.310 e. The minimum absolute atomic E-state index is 1.08. The first-order chi connectivity index (χ1) is 30.8. The number of hydrogen-bond donors (Lipinski definition) is 0. The van der Waals surface area contributed by atoms with E-state index >= 15 is 0 Å². The molecule has 0 bridgehead atoms. The smallest absolute Gasteiger partial charge is 0.0540 e. The quantitative estimate of drug-likeness (QED) is 0.129. The Kier molecular flexibility index (Phi) is 10.8. The number of rotatable bonds is 11. The lowest BCUT2D eigenvalue weighted by atomic mass is 9.97. The van der Waals surface area contributed by atoms with Gasteiger partial charge in [0.25, 0.3) is 0 Å². The fourth-order valence-electron chi connectivity index (χ4n) is 8.38. The molecule has 10 aromatic rings. The van der Waals surface area contributed by atoms with Gasteiger partial charge >= 0.3 is 0 Å². The normalized spacial score (nSPS) is 10.9. The summed E-state index contributed by atoms with van der Waals surface area (Å²) in [6.07, 6.45) is 0. The van der Waals surface area contributed by atoms with Crippen LogP contribution in [0.1, 0.15) is 0 Å². The maximum absolute atomic E-state index is 2.39. The summed E-state index contributed by atoms with van der Waals surface area (Å²) < 4.78 is 0. The van der Waals surface area contributed by atoms with Crippen molar-refractivity contribution in [2.75, 3.05) is 9.80 Å². The predicted octanol–water partition coefficient (Wildman–Crippen LogP) is 17.0. The van der Waals surface area contributed by atoms with E-state index in [1.165, 1.54) is 44.5 Å². The van der Waals surface area contributed by atoms with Crippen molar-refractivity contribution in [2.45, 2.75) is 0 Å². The van der Waals surface area contributed by atoms with Crippen LogP contribution in [0.15, 0.2) is 267 Å². The molecule has 0 radical (unpaired) electrons. The number of anilines is 6. The summed E-state index contributed by atoms with van der Waals surface area (Å²) in [6, 6.07) is 95.6. The van der Waals surface area contributed by atoms with Crippen LogP contribution in [0.4, 0.5) is 34.1 Å². The van der Waals surface area contributed by atoms with Crippen molar-refractivity contribution in [3.8, 4) is 55.6 Å². The van der Waals surface area contributed by atoms with Crippen LogP contribution in [0.3, 0.4) is 0 Å². The first kappa shape index (κ1) is 38.0. The van der Waals surface area contributed by atoms with Gasteiger partial charge in [-0.3, -0.25) is 0 Å². The topological polar surface area (TPSA) is 6.48 Å². The lowest BCUT2D eigenvalue weighted by Gasteiger charge is -2.31. The third-order valence-corrected chi connectivity index (χ3v) is 11.5. The molecule has 2 nitrogen and oxygen atoms in total. The van der Waals surface area contributed by atoms with Gasteiger partial charge in [0.15, 0.2) is 0 Å². The van der Waals surface area contributed by atoms with Crippen LogP contribution < -0.4 is 9.80 Å². The molecule has 0 atom stereocenters. The average Bonchev–Trinajstić information content (AvgIpc) is 3.36. The van der Waals surface area contributed by atoms with Crippen molar-refractivity contribution in [1.82, 2.24) is 0 Å². The molecule has 0 unspecified atom stereocenters. The summed E-state index contributed by atoms with van der Waals surface area (Å²) in [5.41, 5.74) is 18.3. The SMILES string of the molecule is c1ccc(-c2ccc(-c3ccc(N(c4ccccc4)c4ccccc4-c4ccccc4N(c4ccc(-c5ccccc5)cc4)c4ccc(-c5ccccc5)cc4)cc3)cc2)cc1. The molecule has 0 spiro atoms. The molecule has 10 aromatic carbocycles. The molecule has 0 aliphatic rings. The molecule has 0 amide bonds. The zero-order valence-electron chi connectivity index (χ0n) is 34.3. The Balaban J connectivity index is 1.07. The molecule has 0 aliphatic heterocycles. The lowest BCUT2D eigenvalue weighted by molar-refractivity contribution is 1.27. The zero-order valence-corrected chi connectivity index (χ0v) is 34.3. The lowest BCUT2D eigenvalue weighted by Crippen LogP contribution is -2.13. The molecule has 0 saturated carbocycles. The molecule has 0 N–H and O–H groups in total. The molecule has 0 saturated heterocycles. The highest BCUT2D eigenvalue weighted by atomic mass is 15.2. The first-order valence-corrected chi connectivity index (χ1v) is 21.2. The third-order valence-electron chi connectivity index (χ3n) is 11.5. The van der Waals surface area contributed by atoms with Crippen LogP contribution in [0.5, 0.6) is 0 Å². The molecule has 0 fully saturated rings. The highest BCUT2D eigenvalue weighted by molar-refractivity contribution is 5.96. The predicted molar refractivity (Wildman–Crippen MR) is 263 cm³/mol. The minimum atomic E-state index is 1.08. The van der Waals surface area contributed by atoms with Crippen LogP contribution in [0, 0.1) is 0 Å². The fraction of sp³-hybridized carbons (Fsp3) is 0. The minimum Gasteiger partial charge on any atom is -0.310 e. The Morgan fingerprint density at radius 2 is 0.371 bits per heavy atom. The van der Waals surface area contributed by atoms with Gasteiger partial charge < -0.3 is 9.80 Å². The highest BCUT2D eigenvalue weighted by Gasteiger charge is 2.22. The van der Waals surface area contributed by atoms with Crippen molar-refractivity contribution in [2.24, 2.45) is 0 Å². The summed E-state index contributed by atoms with van der Waals surface area (Å²) >= 11 is 0. The second-order valence-electron chi connectivity index (χ2n) is 15.4. The van der Waals surface area contributed by atoms with Crippen LogP contribution in [0.25, 0.3) is 55.6 Å². The molecule has 2 heteroatoms. The zero-order chi connectivity index (χ0) is 41.5. The van der Waals surface area contributed by atoms with Crippen LogP contribution in [0.2, 0.25) is 0 Å². The van der Waals surface area contributed by atoms with E-state index < -0.39 is 0 Å². The maximum Gasteiger partial charge on any atom is 0.0540 e. The molecule has 0 heterocycles. The van der Waals surface area contributed by atoms with E-state index in [2.05, 4.69) is 277 Å². The van der Waals surface area contributed by atoms with E-state index in [0.717, 1.165) is 45.3 Å². The third kappa shape index (κ3) is 7.93. The Morgan fingerprint density at radius 3 is 0.677 bits per heavy atom. The molecule has 0 aromatic heterocycles. The summed E-state index contributed by atoms with van der Waals surface area (Å²) in [7, 11) is 0. The Bertz CT molecular complexity index is 2920. The van der Waals surface area contributed by atoms with Gasteiger partial charge in [-0.2, -0.15) is 0 Å². The van der Waals surface area contributed by atoms with E-state index in [-0.39, 0.29) is 0 Å². The molecule has 0 aliphatic carbocycles. The van der Waals surface area contributed by atoms with Crippen molar-refractivity contribution in [3.63, 3.8) is 0 Å². The van der Waals surface area contributed by atoms with Crippen molar-refractivity contribution in [3.05, 3.63) is 267 Å². The standard InChI is InChI=1S/C60H44N2/c1-5-17-45(18-6-1)48-29-31-49(32-30-48)52-37-43-54(44-38-52)61(53-23-11-4-12-24-53)59-27-15-13-25-57(59)58-26-14-16-28-60(58)62(55-39-33-50(34-40-55)46-19-7-2-8-20-46)56-41-35-51(36-42-56)47-21-9-3-10-22-47/h1-44H. The summed E-state index contributed by atoms with van der Waals surface area (Å²) in [4.78, 5) is 4.77. The van der Waals surface area contributed by atoms with E-state index in [0.29, 0.717) is 0 Å². The van der Waals surface area contributed by atoms with Crippen molar-refractivity contribution < 1.29 is 0 Å². The number of hydrogen-bond acceptors (Lipinski definition) is 2. The number of para-hydroxylation sites is 3. The van der Waals surface area contributed by atoms with Crippen LogP contribution >= 0.6 is 0 Å². The summed E-state index contributed by atoms with van der Waals surface area (Å²) in [5.74, 6) is 0. The fourth-order valence-corrected chi connectivity index (χ4v) is 8.38. The van der Waals surface area contributed by atoms with Crippen LogP contribution in [-0.2, 0) is 0 Å². The van der Waals surface area contributed by atoms with E-state index in [9.17, 15) is 0 Å². The summed E-state index contributed by atoms with van der Waals surface area (Å²) in [6.45, 7) is 0. The molecule has 10 rings (SSSR count). The second kappa shape index (κ2) is 17.6. The van der Waals surface area contributed by atoms with Gasteiger partial charge in [-0.15, -0.1) is 0 Å². The van der Waals surface area contributed by atoms with Gasteiger partial charge in [-0.05, 0) is 105 Å². The Hall–Kier alpha value is -8.20. The second-order valence-corrected chi connectivity index (χ2v) is 15.4. The monoisotopic (exact) mass is 792 g/mol. The van der Waals surface area contributed by atoms with Gasteiger partial charge in [0.2, 0.25) is 0 Å². The maximum atomic E-state index is 2.39. The molecular formula is C60H44N2. The van der Waals surface area contributed by atoms with Crippen molar-refractivity contribution >= 4 is 34.1 Å². The van der Waals surface area contributed by atoms with Crippen LogP contribution in [-0.4, -0.2) is 0 Å². The highest BCUT2D eigenvalue weighted by Crippen LogP contribution is 2.47. The number of benzene rings is 10. The van der Waals surface area contributed by atoms with Gasteiger partial charge in [0.05, 0.1) is 11.4 Å². The van der Waals surface area contributed by atoms with E-state index in [1.807, 2.05) is 0 Å². The molecule has 294 valence electrons. The summed E-state index contributed by atoms with van der Waals surface area (Å²) in [5, 5.41) is 0. The van der Waals surface area contributed by atoms with E-state index in [1.54, 1.807) is 0 Å². The number of nitrogens with zero attached hydrogens (tertiary/aromatic N) is 2. The molecule has 62 heavy (non-hydrogen) atoms. The van der Waals surface area contributed by atoms with Gasteiger partial charge in [0.1, 0.15) is 0 Å². The van der Waals surface area contributed by atoms with Crippen molar-refractivity contribution in [1.29, 1.82) is 0 Å². The Labute approximate surface area is 364 Å². The Morgan fingerprint density at radius 1 is 0.161 bits per heavy atom. The van der Waals surface area contributed by atoms with Gasteiger partial charge in [-0.1, -0.05) is 206 Å². The average molecular weight is 793 g/mol. The molecular weight excluding hydrogens is 749 g/mol. The van der Waals surface area contributed by atoms with E-state index in [4.69, 9.17) is 0 Å². The first-order valence-electron chi connectivity index (χ1n) is 21.2. The van der Waals surface area contributed by atoms with Gasteiger partial charge in [0, 0.05) is 33.9 Å².